The number of hydrogen-bond donors (Lipinski definition) is 2. The molecule has 1 amide bonds. The number of amides is 1. The van der Waals surface area contributed by atoms with E-state index in [0.717, 1.165) is 50.9 Å². The van der Waals surface area contributed by atoms with E-state index in [-0.39, 0.29) is 18.4 Å². The van der Waals surface area contributed by atoms with Gasteiger partial charge in [-0.25, -0.2) is 0 Å². The molecule has 1 aliphatic rings. The summed E-state index contributed by atoms with van der Waals surface area (Å²) in [4.78, 5) is 23.4. The number of carbonyl (C=O) groups is 2. The first-order valence-electron chi connectivity index (χ1n) is 8.06. The minimum atomic E-state index is -0.901. The van der Waals surface area contributed by atoms with E-state index in [2.05, 4.69) is 15.5 Å². The number of aryl methyl sites for hydroxylation is 1. The van der Waals surface area contributed by atoms with Crippen LogP contribution >= 0.6 is 0 Å². The van der Waals surface area contributed by atoms with Gasteiger partial charge in [0, 0.05) is 19.0 Å². The minimum Gasteiger partial charge on any atom is -0.481 e. The van der Waals surface area contributed by atoms with Gasteiger partial charge in [-0.3, -0.25) is 9.59 Å². The normalized spacial score (nSPS) is 15.7. The lowest BCUT2D eigenvalue weighted by Gasteiger charge is -2.16. The van der Waals surface area contributed by atoms with Gasteiger partial charge in [-0.05, 0) is 19.3 Å². The first kappa shape index (κ1) is 16.5. The van der Waals surface area contributed by atoms with Crippen LogP contribution in [0.25, 0.3) is 0 Å². The average molecular weight is 308 g/mol. The number of hydrogen-bond acceptors (Lipinski definition) is 4. The number of carboxylic acids is 1. The molecule has 0 spiro atoms. The number of fused-ring (bicyclic) bond motifs is 1. The SMILES string of the molecule is CCCC[C@H](CC(=O)O)NC(=O)c1nnc2n1CCCCC2. The van der Waals surface area contributed by atoms with Crippen LogP contribution in [0.2, 0.25) is 0 Å². The first-order valence-corrected chi connectivity index (χ1v) is 8.06. The molecule has 1 aliphatic heterocycles. The summed E-state index contributed by atoms with van der Waals surface area (Å²) >= 11 is 0. The topological polar surface area (TPSA) is 97.1 Å². The second-order valence-electron chi connectivity index (χ2n) is 5.81. The van der Waals surface area contributed by atoms with Crippen molar-refractivity contribution in [1.29, 1.82) is 0 Å². The lowest BCUT2D eigenvalue weighted by Crippen LogP contribution is -2.38. The Labute approximate surface area is 130 Å². The molecule has 22 heavy (non-hydrogen) atoms. The molecule has 2 rings (SSSR count). The maximum Gasteiger partial charge on any atom is 0.305 e. The molecule has 0 aromatic carbocycles. The van der Waals surface area contributed by atoms with Gasteiger partial charge in [0.1, 0.15) is 5.82 Å². The van der Waals surface area contributed by atoms with Crippen molar-refractivity contribution in [2.75, 3.05) is 0 Å². The fourth-order valence-electron chi connectivity index (χ4n) is 2.79. The van der Waals surface area contributed by atoms with E-state index in [1.165, 1.54) is 0 Å². The summed E-state index contributed by atoms with van der Waals surface area (Å²) in [7, 11) is 0. The largest absolute Gasteiger partial charge is 0.481 e. The summed E-state index contributed by atoms with van der Waals surface area (Å²) in [5, 5.41) is 19.9. The Hall–Kier alpha value is -1.92. The van der Waals surface area contributed by atoms with Crippen LogP contribution in [-0.4, -0.2) is 37.8 Å². The third-order valence-corrected chi connectivity index (χ3v) is 3.97. The van der Waals surface area contributed by atoms with Crippen LogP contribution in [0.1, 0.15) is 68.3 Å². The number of aromatic nitrogens is 3. The predicted octanol–water partition coefficient (Wildman–Crippen LogP) is 1.77. The van der Waals surface area contributed by atoms with Crippen LogP contribution in [0.4, 0.5) is 0 Å². The van der Waals surface area contributed by atoms with Crippen LogP contribution in [0.15, 0.2) is 0 Å². The van der Waals surface area contributed by atoms with Gasteiger partial charge in [-0.15, -0.1) is 10.2 Å². The third kappa shape index (κ3) is 4.29. The van der Waals surface area contributed by atoms with Crippen LogP contribution in [-0.2, 0) is 17.8 Å². The number of rotatable bonds is 7. The van der Waals surface area contributed by atoms with Crippen LogP contribution in [0.5, 0.6) is 0 Å². The molecule has 0 unspecified atom stereocenters. The molecule has 2 N–H and O–H groups in total. The monoisotopic (exact) mass is 308 g/mol. The molecule has 7 heteroatoms. The number of aliphatic carboxylic acids is 1. The molecule has 0 fully saturated rings. The Bertz CT molecular complexity index is 527. The number of carboxylic acid groups (broad SMARTS) is 1. The summed E-state index contributed by atoms with van der Waals surface area (Å²) < 4.78 is 1.87. The molecule has 1 aromatic heterocycles. The van der Waals surface area contributed by atoms with Crippen molar-refractivity contribution in [3.63, 3.8) is 0 Å². The number of unbranched alkanes of at least 4 members (excludes halogenated alkanes) is 1. The molecule has 7 nitrogen and oxygen atoms in total. The van der Waals surface area contributed by atoms with E-state index in [1.807, 2.05) is 11.5 Å². The third-order valence-electron chi connectivity index (χ3n) is 3.97. The summed E-state index contributed by atoms with van der Waals surface area (Å²) in [6, 6.07) is -0.358. The van der Waals surface area contributed by atoms with E-state index in [4.69, 9.17) is 5.11 Å². The van der Waals surface area contributed by atoms with Crippen molar-refractivity contribution in [3.8, 4) is 0 Å². The fourth-order valence-corrected chi connectivity index (χ4v) is 2.79. The summed E-state index contributed by atoms with van der Waals surface area (Å²) in [5.74, 6) is -0.0562. The number of carbonyl (C=O) groups excluding carboxylic acids is 1. The average Bonchev–Trinajstić information content (AvgIpc) is 2.73. The summed E-state index contributed by atoms with van der Waals surface area (Å²) in [6.07, 6.45) is 6.50. The molecule has 0 saturated heterocycles. The van der Waals surface area contributed by atoms with Gasteiger partial charge in [0.05, 0.1) is 6.42 Å². The van der Waals surface area contributed by atoms with Crippen molar-refractivity contribution in [3.05, 3.63) is 11.6 Å². The molecule has 0 saturated carbocycles. The fraction of sp³-hybridized carbons (Fsp3) is 0.733. The van der Waals surface area contributed by atoms with Gasteiger partial charge in [-0.1, -0.05) is 26.2 Å². The van der Waals surface area contributed by atoms with Gasteiger partial charge in [0.25, 0.3) is 5.91 Å². The highest BCUT2D eigenvalue weighted by molar-refractivity contribution is 5.91. The van der Waals surface area contributed by atoms with Gasteiger partial charge in [-0.2, -0.15) is 0 Å². The molecule has 0 bridgehead atoms. The van der Waals surface area contributed by atoms with Gasteiger partial charge < -0.3 is 15.0 Å². The lowest BCUT2D eigenvalue weighted by atomic mass is 10.1. The second-order valence-corrected chi connectivity index (χ2v) is 5.81. The van der Waals surface area contributed by atoms with Crippen molar-refractivity contribution in [1.82, 2.24) is 20.1 Å². The van der Waals surface area contributed by atoms with E-state index in [0.29, 0.717) is 12.2 Å². The first-order chi connectivity index (χ1) is 10.6. The van der Waals surface area contributed by atoms with Gasteiger partial charge in [0.15, 0.2) is 0 Å². The molecule has 1 aromatic rings. The van der Waals surface area contributed by atoms with E-state index in [1.54, 1.807) is 0 Å². The number of nitrogens with zero attached hydrogens (tertiary/aromatic N) is 3. The van der Waals surface area contributed by atoms with E-state index >= 15 is 0 Å². The van der Waals surface area contributed by atoms with Crippen LogP contribution in [0.3, 0.4) is 0 Å². The smallest absolute Gasteiger partial charge is 0.305 e. The zero-order chi connectivity index (χ0) is 15.9. The molecular formula is C15H24N4O3. The predicted molar refractivity (Wildman–Crippen MR) is 80.6 cm³/mol. The minimum absolute atomic E-state index is 0.0628. The molecule has 0 radical (unpaired) electrons. The Morgan fingerprint density at radius 3 is 2.86 bits per heavy atom. The maximum absolute atomic E-state index is 12.4. The Kier molecular flexibility index (Phi) is 5.91. The van der Waals surface area contributed by atoms with E-state index in [9.17, 15) is 9.59 Å². The van der Waals surface area contributed by atoms with Crippen molar-refractivity contribution in [2.24, 2.45) is 0 Å². The van der Waals surface area contributed by atoms with Crippen LogP contribution < -0.4 is 5.32 Å². The molecule has 1 atom stereocenters. The maximum atomic E-state index is 12.4. The quantitative estimate of drug-likeness (QED) is 0.800. The highest BCUT2D eigenvalue weighted by Crippen LogP contribution is 2.15. The summed E-state index contributed by atoms with van der Waals surface area (Å²) in [6.45, 7) is 2.79. The second kappa shape index (κ2) is 7.91. The number of nitrogens with one attached hydrogen (secondary N) is 1. The van der Waals surface area contributed by atoms with E-state index < -0.39 is 5.97 Å². The Morgan fingerprint density at radius 2 is 2.14 bits per heavy atom. The van der Waals surface area contributed by atoms with Gasteiger partial charge >= 0.3 is 5.97 Å². The van der Waals surface area contributed by atoms with Gasteiger partial charge in [0.2, 0.25) is 5.82 Å². The zero-order valence-corrected chi connectivity index (χ0v) is 13.0. The Balaban J connectivity index is 2.06. The molecule has 122 valence electrons. The summed E-state index contributed by atoms with van der Waals surface area (Å²) in [5.41, 5.74) is 0. The lowest BCUT2D eigenvalue weighted by molar-refractivity contribution is -0.137. The van der Waals surface area contributed by atoms with Crippen molar-refractivity contribution in [2.45, 2.75) is 70.9 Å². The van der Waals surface area contributed by atoms with Crippen LogP contribution in [0, 0.1) is 0 Å². The molecule has 0 aliphatic carbocycles. The van der Waals surface area contributed by atoms with Crippen molar-refractivity contribution >= 4 is 11.9 Å². The highest BCUT2D eigenvalue weighted by Gasteiger charge is 2.23. The Morgan fingerprint density at radius 1 is 1.32 bits per heavy atom. The highest BCUT2D eigenvalue weighted by atomic mass is 16.4. The zero-order valence-electron chi connectivity index (χ0n) is 13.0. The van der Waals surface area contributed by atoms with Crippen molar-refractivity contribution < 1.29 is 14.7 Å². The standard InChI is InChI=1S/C15H24N4O3/c1-2-3-7-11(10-13(20)21)16-15(22)14-18-17-12-8-5-4-6-9-19(12)14/h11H,2-10H2,1H3,(H,16,22)(H,20,21)/t11-/m1/s1. The molecular weight excluding hydrogens is 284 g/mol. The molecule has 2 heterocycles.